The van der Waals surface area contributed by atoms with Crippen LogP contribution in [0.5, 0.6) is 0 Å². The number of nitrogens with one attached hydrogen (secondary N) is 1. The molecule has 188 valence electrons. The lowest BCUT2D eigenvalue weighted by atomic mass is 9.96. The summed E-state index contributed by atoms with van der Waals surface area (Å²) in [6.45, 7) is 2.00. The molecule has 0 saturated heterocycles. The number of carbonyl (C=O) groups is 3. The van der Waals surface area contributed by atoms with Crippen LogP contribution in [0, 0.1) is 17.2 Å². The van der Waals surface area contributed by atoms with Gasteiger partial charge in [0.15, 0.2) is 5.92 Å². The zero-order valence-electron chi connectivity index (χ0n) is 20.4. The second-order valence-electron chi connectivity index (χ2n) is 8.40. The number of fused-ring (bicyclic) bond motifs is 3. The molecule has 0 aliphatic carbocycles. The summed E-state index contributed by atoms with van der Waals surface area (Å²) < 4.78 is 6.89. The van der Waals surface area contributed by atoms with E-state index < -0.39 is 23.6 Å². The van der Waals surface area contributed by atoms with Crippen LogP contribution in [0.2, 0.25) is 0 Å². The van der Waals surface area contributed by atoms with Gasteiger partial charge in [0.1, 0.15) is 5.69 Å². The molecule has 2 heterocycles. The van der Waals surface area contributed by atoms with Crippen LogP contribution in [0.4, 0.5) is 5.69 Å². The van der Waals surface area contributed by atoms with Crippen molar-refractivity contribution in [3.63, 3.8) is 0 Å². The molecule has 1 amide bonds. The van der Waals surface area contributed by atoms with Gasteiger partial charge in [-0.1, -0.05) is 48.5 Å². The number of Topliss-reactive ketones (excluding diaryl/α,β-unsaturated/α-hetero) is 1. The maximum absolute atomic E-state index is 13.7. The highest BCUT2D eigenvalue weighted by Crippen LogP contribution is 2.45. The van der Waals surface area contributed by atoms with E-state index in [-0.39, 0.29) is 12.3 Å². The van der Waals surface area contributed by atoms with Crippen LogP contribution in [-0.4, -0.2) is 34.0 Å². The van der Waals surface area contributed by atoms with Crippen LogP contribution in [0.15, 0.2) is 83.8 Å². The second kappa shape index (κ2) is 10.7. The molecule has 1 N–H and O–H groups in total. The number of amides is 1. The summed E-state index contributed by atoms with van der Waals surface area (Å²) in [4.78, 5) is 40.0. The molecular weight excluding hydrogens is 500 g/mol. The fraction of sp³-hybridized carbons (Fsp3) is 0.138. The molecule has 1 aliphatic heterocycles. The van der Waals surface area contributed by atoms with E-state index >= 15 is 0 Å². The van der Waals surface area contributed by atoms with Crippen LogP contribution < -0.4 is 5.32 Å². The number of benzene rings is 3. The molecule has 8 nitrogen and oxygen atoms in total. The molecule has 1 aliphatic rings. The van der Waals surface area contributed by atoms with Crippen LogP contribution in [0.25, 0.3) is 16.9 Å². The van der Waals surface area contributed by atoms with E-state index in [0.29, 0.717) is 33.9 Å². The van der Waals surface area contributed by atoms with Gasteiger partial charge in [-0.05, 0) is 37.3 Å². The van der Waals surface area contributed by atoms with Gasteiger partial charge in [0.05, 0.1) is 29.6 Å². The number of anilines is 1. The number of nitrogens with zero attached hydrogens (tertiary/aromatic N) is 3. The minimum atomic E-state index is -1.59. The smallest absolute Gasteiger partial charge is 0.339 e. The van der Waals surface area contributed by atoms with E-state index in [1.54, 1.807) is 54.1 Å². The number of ketones is 1. The maximum Gasteiger partial charge on any atom is 0.339 e. The summed E-state index contributed by atoms with van der Waals surface area (Å²) in [5.74, 6) is -3.09. The number of rotatable bonds is 7. The number of thioether (sulfide) groups is 1. The van der Waals surface area contributed by atoms with Gasteiger partial charge in [-0.2, -0.15) is 10.4 Å². The van der Waals surface area contributed by atoms with Gasteiger partial charge in [0.2, 0.25) is 11.7 Å². The van der Waals surface area contributed by atoms with Crippen LogP contribution in [-0.2, 0) is 15.3 Å². The highest BCUT2D eigenvalue weighted by molar-refractivity contribution is 7.98. The van der Waals surface area contributed by atoms with Crippen molar-refractivity contribution in [3.8, 4) is 23.0 Å². The van der Waals surface area contributed by atoms with Gasteiger partial charge < -0.3 is 10.1 Å². The van der Waals surface area contributed by atoms with Gasteiger partial charge in [-0.3, -0.25) is 9.59 Å². The first-order valence-electron chi connectivity index (χ1n) is 11.9. The third-order valence-corrected chi connectivity index (χ3v) is 7.20. The minimum Gasteiger partial charge on any atom is -0.462 e. The van der Waals surface area contributed by atoms with Gasteiger partial charge in [0.25, 0.3) is 0 Å². The first kappa shape index (κ1) is 25.0. The summed E-state index contributed by atoms with van der Waals surface area (Å²) in [5, 5.41) is 17.1. The van der Waals surface area contributed by atoms with Crippen LogP contribution >= 0.6 is 11.8 Å². The van der Waals surface area contributed by atoms with Crippen molar-refractivity contribution in [2.75, 3.05) is 11.9 Å². The average molecular weight is 523 g/mol. The Kier molecular flexibility index (Phi) is 7.07. The lowest BCUT2D eigenvalue weighted by Crippen LogP contribution is -2.29. The molecule has 0 fully saturated rings. The molecule has 0 saturated carbocycles. The molecule has 3 aromatic carbocycles. The number of aromatic nitrogens is 2. The fourth-order valence-corrected chi connectivity index (χ4v) is 5.51. The van der Waals surface area contributed by atoms with Crippen molar-refractivity contribution >= 4 is 35.1 Å². The van der Waals surface area contributed by atoms with E-state index in [2.05, 4.69) is 10.4 Å². The topological polar surface area (TPSA) is 114 Å². The third kappa shape index (κ3) is 4.58. The molecule has 1 atom stereocenters. The van der Waals surface area contributed by atoms with Crippen LogP contribution in [0.1, 0.15) is 33.3 Å². The Hall–Kier alpha value is -4.68. The molecule has 0 bridgehead atoms. The number of hydrogen-bond acceptors (Lipinski definition) is 7. The normalized spacial score (nSPS) is 12.4. The third-order valence-electron chi connectivity index (χ3n) is 6.04. The lowest BCUT2D eigenvalue weighted by Gasteiger charge is -2.20. The fourth-order valence-electron chi connectivity index (χ4n) is 4.32. The Morgan fingerprint density at radius 2 is 1.76 bits per heavy atom. The van der Waals surface area contributed by atoms with Gasteiger partial charge in [-0.25, -0.2) is 9.48 Å². The van der Waals surface area contributed by atoms with Crippen molar-refractivity contribution in [2.24, 2.45) is 5.92 Å². The summed E-state index contributed by atoms with van der Waals surface area (Å²) in [6, 6.07) is 25.1. The summed E-state index contributed by atoms with van der Waals surface area (Å²) in [6.07, 6.45) is 0. The zero-order valence-corrected chi connectivity index (χ0v) is 21.2. The van der Waals surface area contributed by atoms with Crippen molar-refractivity contribution < 1.29 is 19.1 Å². The first-order valence-corrected chi connectivity index (χ1v) is 12.9. The molecule has 9 heteroatoms. The molecule has 1 aromatic heterocycles. The number of esters is 1. The molecule has 38 heavy (non-hydrogen) atoms. The molecular formula is C29H22N4O4S. The largest absolute Gasteiger partial charge is 0.462 e. The van der Waals surface area contributed by atoms with Crippen molar-refractivity contribution in [2.45, 2.75) is 17.6 Å². The number of nitriles is 1. The van der Waals surface area contributed by atoms with E-state index in [1.165, 1.54) is 11.8 Å². The van der Waals surface area contributed by atoms with E-state index in [9.17, 15) is 19.6 Å². The molecule has 4 aromatic rings. The molecule has 0 radical (unpaired) electrons. The highest BCUT2D eigenvalue weighted by atomic mass is 32.2. The maximum atomic E-state index is 13.7. The number of ether oxygens (including phenoxy) is 1. The van der Waals surface area contributed by atoms with Gasteiger partial charge in [-0.15, -0.1) is 11.8 Å². The predicted octanol–water partition coefficient (Wildman–Crippen LogP) is 5.28. The Bertz CT molecular complexity index is 1580. The van der Waals surface area contributed by atoms with Crippen molar-refractivity contribution in [1.82, 2.24) is 9.78 Å². The first-order chi connectivity index (χ1) is 18.5. The van der Waals surface area contributed by atoms with Crippen molar-refractivity contribution in [1.29, 1.82) is 5.26 Å². The van der Waals surface area contributed by atoms with Crippen LogP contribution in [0.3, 0.4) is 0 Å². The van der Waals surface area contributed by atoms with Gasteiger partial charge >= 0.3 is 5.97 Å². The molecule has 1 unspecified atom stereocenters. The SMILES string of the molecule is CCOC(=O)c1cccc2c1SCc1c(C(=O)C(C#N)C(=O)Nc3ccccc3)nn(-c3ccccc3)c1-2. The zero-order chi connectivity index (χ0) is 26.6. The van der Waals surface area contributed by atoms with E-state index in [0.717, 1.165) is 10.5 Å². The Balaban J connectivity index is 1.62. The minimum absolute atomic E-state index is 0.0540. The van der Waals surface area contributed by atoms with E-state index in [4.69, 9.17) is 4.74 Å². The number of para-hydroxylation sites is 2. The summed E-state index contributed by atoms with van der Waals surface area (Å²) in [7, 11) is 0. The van der Waals surface area contributed by atoms with E-state index in [1.807, 2.05) is 42.5 Å². The Morgan fingerprint density at radius 1 is 1.05 bits per heavy atom. The standard InChI is InChI=1S/C29H22N4O4S/c1-2-37-29(36)21-15-9-14-20-25-23(17-38-27(20)21)24(32-33(25)19-12-7-4-8-13-19)26(34)22(16-30)28(35)31-18-10-5-3-6-11-18/h3-15,22H,2,17H2,1H3,(H,31,35). The van der Waals surface area contributed by atoms with Crippen molar-refractivity contribution in [3.05, 3.63) is 95.7 Å². The van der Waals surface area contributed by atoms with Gasteiger partial charge in [0, 0.05) is 27.5 Å². The number of carbonyl (C=O) groups excluding carboxylic acids is 3. The Labute approximate surface area is 223 Å². The number of hydrogen-bond donors (Lipinski definition) is 1. The quantitative estimate of drug-likeness (QED) is 0.199. The molecule has 5 rings (SSSR count). The second-order valence-corrected chi connectivity index (χ2v) is 9.38. The average Bonchev–Trinajstić information content (AvgIpc) is 3.34. The lowest BCUT2D eigenvalue weighted by molar-refractivity contribution is -0.117. The molecule has 0 spiro atoms. The monoisotopic (exact) mass is 522 g/mol. The summed E-state index contributed by atoms with van der Waals surface area (Å²) >= 11 is 1.39. The summed E-state index contributed by atoms with van der Waals surface area (Å²) in [5.41, 5.74) is 3.64. The Morgan fingerprint density at radius 3 is 2.45 bits per heavy atom. The predicted molar refractivity (Wildman–Crippen MR) is 143 cm³/mol. The highest BCUT2D eigenvalue weighted by Gasteiger charge is 2.36.